The molecule has 0 unspecified atom stereocenters. The summed E-state index contributed by atoms with van der Waals surface area (Å²) >= 11 is 0. The van der Waals surface area contributed by atoms with Crippen molar-refractivity contribution in [2.45, 2.75) is 12.7 Å². The summed E-state index contributed by atoms with van der Waals surface area (Å²) in [7, 11) is 1.33. The van der Waals surface area contributed by atoms with Crippen LogP contribution in [-0.4, -0.2) is 41.5 Å². The molecule has 7 heteroatoms. The lowest BCUT2D eigenvalue weighted by Crippen LogP contribution is -2.19. The maximum absolute atomic E-state index is 11.0. The van der Waals surface area contributed by atoms with Crippen LogP contribution >= 0.6 is 0 Å². The van der Waals surface area contributed by atoms with E-state index in [1.54, 1.807) is 0 Å². The van der Waals surface area contributed by atoms with E-state index in [4.69, 9.17) is 19.3 Å². The van der Waals surface area contributed by atoms with Crippen LogP contribution in [0.3, 0.4) is 0 Å². The third-order valence-electron chi connectivity index (χ3n) is 2.47. The smallest absolute Gasteiger partial charge is 0.358 e. The highest BCUT2D eigenvalue weighted by molar-refractivity contribution is 5.89. The second-order valence-electron chi connectivity index (χ2n) is 3.68. The Kier molecular flexibility index (Phi) is 3.63. The Morgan fingerprint density at radius 3 is 2.72 bits per heavy atom. The van der Waals surface area contributed by atoms with Gasteiger partial charge >= 0.3 is 5.97 Å². The lowest BCUT2D eigenvalue weighted by atomic mass is 10.2. The first-order valence-electron chi connectivity index (χ1n) is 5.38. The summed E-state index contributed by atoms with van der Waals surface area (Å²) in [4.78, 5) is 14.8. The van der Waals surface area contributed by atoms with Crippen molar-refractivity contribution in [3.05, 3.63) is 17.5 Å². The van der Waals surface area contributed by atoms with Crippen molar-refractivity contribution in [3.63, 3.8) is 0 Å². The van der Waals surface area contributed by atoms with Crippen LogP contribution < -0.4 is 4.74 Å². The minimum absolute atomic E-state index is 0.0233. The van der Waals surface area contributed by atoms with E-state index in [0.29, 0.717) is 13.2 Å². The zero-order valence-corrected chi connectivity index (χ0v) is 9.75. The predicted molar refractivity (Wildman–Crippen MR) is 58.7 cm³/mol. The summed E-state index contributed by atoms with van der Waals surface area (Å²) in [5, 5.41) is 18.6. The van der Waals surface area contributed by atoms with Gasteiger partial charge in [0.05, 0.1) is 20.3 Å². The third kappa shape index (κ3) is 2.36. The molecule has 1 aromatic rings. The first-order valence-corrected chi connectivity index (χ1v) is 5.38. The number of ether oxygens (including phenoxy) is 3. The van der Waals surface area contributed by atoms with Crippen molar-refractivity contribution in [2.24, 2.45) is 0 Å². The fourth-order valence-corrected chi connectivity index (χ4v) is 1.62. The molecule has 0 amide bonds. The predicted octanol–water partition coefficient (Wildman–Crippen LogP) is 0.929. The zero-order valence-electron chi connectivity index (χ0n) is 9.75. The lowest BCUT2D eigenvalue weighted by molar-refractivity contribution is -0.185. The van der Waals surface area contributed by atoms with E-state index in [2.05, 4.69) is 4.98 Å². The van der Waals surface area contributed by atoms with Gasteiger partial charge in [0.2, 0.25) is 6.29 Å². The molecule has 18 heavy (non-hydrogen) atoms. The maximum Gasteiger partial charge on any atom is 0.358 e. The van der Waals surface area contributed by atoms with Crippen LogP contribution in [-0.2, 0) is 9.47 Å². The van der Waals surface area contributed by atoms with Gasteiger partial charge in [0, 0.05) is 6.07 Å². The standard InChI is InChI=1S/C11H13NO6/c1-16-7-5-6(11-17-3-2-4-18-11)12-8(9(7)13)10(14)15/h5,11,13H,2-4H2,1H3,(H,14,15). The average molecular weight is 255 g/mol. The van der Waals surface area contributed by atoms with Crippen molar-refractivity contribution < 1.29 is 29.2 Å². The highest BCUT2D eigenvalue weighted by Gasteiger charge is 2.24. The largest absolute Gasteiger partial charge is 0.503 e. The normalized spacial score (nSPS) is 16.5. The van der Waals surface area contributed by atoms with Crippen molar-refractivity contribution >= 4 is 5.97 Å². The van der Waals surface area contributed by atoms with E-state index in [1.807, 2.05) is 0 Å². The van der Waals surface area contributed by atoms with Gasteiger partial charge in [-0.3, -0.25) is 0 Å². The molecule has 0 atom stereocenters. The van der Waals surface area contributed by atoms with E-state index in [-0.39, 0.29) is 11.4 Å². The Morgan fingerprint density at radius 2 is 2.17 bits per heavy atom. The first-order chi connectivity index (χ1) is 8.63. The number of pyridine rings is 1. The zero-order chi connectivity index (χ0) is 13.1. The molecular formula is C11H13NO6. The van der Waals surface area contributed by atoms with Crippen LogP contribution in [0.1, 0.15) is 28.9 Å². The van der Waals surface area contributed by atoms with Gasteiger partial charge in [-0.05, 0) is 6.42 Å². The van der Waals surface area contributed by atoms with Crippen LogP contribution in [0.4, 0.5) is 0 Å². The molecule has 0 spiro atoms. The molecule has 1 saturated heterocycles. The molecule has 0 aliphatic carbocycles. The molecule has 1 aliphatic rings. The highest BCUT2D eigenvalue weighted by Crippen LogP contribution is 2.33. The van der Waals surface area contributed by atoms with Crippen molar-refractivity contribution in [1.82, 2.24) is 4.98 Å². The highest BCUT2D eigenvalue weighted by atomic mass is 16.7. The van der Waals surface area contributed by atoms with E-state index in [9.17, 15) is 9.90 Å². The van der Waals surface area contributed by atoms with E-state index in [0.717, 1.165) is 6.42 Å². The number of nitrogens with zero attached hydrogens (tertiary/aromatic N) is 1. The lowest BCUT2D eigenvalue weighted by Gasteiger charge is -2.23. The quantitative estimate of drug-likeness (QED) is 0.828. The molecule has 1 aromatic heterocycles. The number of carboxylic acid groups (broad SMARTS) is 1. The number of methoxy groups -OCH3 is 1. The van der Waals surface area contributed by atoms with Gasteiger partial charge in [-0.15, -0.1) is 0 Å². The topological polar surface area (TPSA) is 98.1 Å². The second-order valence-corrected chi connectivity index (χ2v) is 3.68. The summed E-state index contributed by atoms with van der Waals surface area (Å²) in [6.07, 6.45) is 0.0451. The Hall–Kier alpha value is -1.86. The van der Waals surface area contributed by atoms with Gasteiger partial charge in [-0.2, -0.15) is 0 Å². The van der Waals surface area contributed by atoms with E-state index in [1.165, 1.54) is 13.2 Å². The van der Waals surface area contributed by atoms with Gasteiger partial charge in [-0.1, -0.05) is 0 Å². The molecule has 0 aromatic carbocycles. The summed E-state index contributed by atoms with van der Waals surface area (Å²) in [5.41, 5.74) is -0.219. The molecule has 1 aliphatic heterocycles. The average Bonchev–Trinajstić information content (AvgIpc) is 2.39. The number of carboxylic acids is 1. The van der Waals surface area contributed by atoms with Gasteiger partial charge in [-0.25, -0.2) is 9.78 Å². The number of aromatic nitrogens is 1. The molecular weight excluding hydrogens is 242 g/mol. The molecule has 2 rings (SSSR count). The maximum atomic E-state index is 11.0. The fraction of sp³-hybridized carbons (Fsp3) is 0.455. The number of aromatic carboxylic acids is 1. The van der Waals surface area contributed by atoms with Gasteiger partial charge < -0.3 is 24.4 Å². The molecule has 98 valence electrons. The number of carbonyl (C=O) groups is 1. The van der Waals surface area contributed by atoms with Gasteiger partial charge in [0.1, 0.15) is 5.69 Å². The summed E-state index contributed by atoms with van der Waals surface area (Å²) in [6, 6.07) is 1.40. The number of aromatic hydroxyl groups is 1. The molecule has 1 fully saturated rings. The fourth-order valence-electron chi connectivity index (χ4n) is 1.62. The van der Waals surface area contributed by atoms with Gasteiger partial charge in [0.25, 0.3) is 0 Å². The molecule has 2 N–H and O–H groups in total. The number of hydrogen-bond acceptors (Lipinski definition) is 6. The van der Waals surface area contributed by atoms with Crippen molar-refractivity contribution in [2.75, 3.05) is 20.3 Å². The van der Waals surface area contributed by atoms with Crippen LogP contribution in [0.25, 0.3) is 0 Å². The van der Waals surface area contributed by atoms with Crippen molar-refractivity contribution in [1.29, 1.82) is 0 Å². The summed E-state index contributed by atoms with van der Waals surface area (Å²) < 4.78 is 15.5. The molecule has 0 bridgehead atoms. The van der Waals surface area contributed by atoms with Gasteiger partial charge in [0.15, 0.2) is 17.2 Å². The Labute approximate surface area is 103 Å². The molecule has 0 saturated carbocycles. The number of hydrogen-bond donors (Lipinski definition) is 2. The SMILES string of the molecule is COc1cc(C2OCCCO2)nc(C(=O)O)c1O. The van der Waals surface area contributed by atoms with Crippen molar-refractivity contribution in [3.8, 4) is 11.5 Å². The van der Waals surface area contributed by atoms with Crippen LogP contribution in [0.2, 0.25) is 0 Å². The molecule has 0 radical (unpaired) electrons. The van der Waals surface area contributed by atoms with Crippen LogP contribution in [0.15, 0.2) is 6.07 Å². The monoisotopic (exact) mass is 255 g/mol. The second kappa shape index (κ2) is 5.19. The summed E-state index contributed by atoms with van der Waals surface area (Å²) in [5.74, 6) is -1.83. The van der Waals surface area contributed by atoms with Crippen LogP contribution in [0, 0.1) is 0 Å². The molecule has 7 nitrogen and oxygen atoms in total. The first kappa shape index (κ1) is 12.6. The van der Waals surface area contributed by atoms with Crippen LogP contribution in [0.5, 0.6) is 11.5 Å². The van der Waals surface area contributed by atoms with E-state index < -0.39 is 23.7 Å². The summed E-state index contributed by atoms with van der Waals surface area (Å²) in [6.45, 7) is 1.02. The Bertz CT molecular complexity index is 455. The minimum Gasteiger partial charge on any atom is -0.503 e. The van der Waals surface area contributed by atoms with E-state index >= 15 is 0 Å². The third-order valence-corrected chi connectivity index (χ3v) is 2.47. The Morgan fingerprint density at radius 1 is 1.50 bits per heavy atom. The minimum atomic E-state index is -1.34. The Balaban J connectivity index is 2.41. The number of rotatable bonds is 3. The molecule has 2 heterocycles.